The topological polar surface area (TPSA) is 62.1 Å². The van der Waals surface area contributed by atoms with Crippen molar-refractivity contribution in [2.75, 3.05) is 0 Å². The number of rotatable bonds is 6. The number of hydrogen-bond acceptors (Lipinski definition) is 3. The monoisotopic (exact) mass is 342 g/mol. The maximum atomic E-state index is 12.6. The van der Waals surface area contributed by atoms with E-state index in [4.69, 9.17) is 10.00 Å². The Morgan fingerprint density at radius 2 is 1.73 bits per heavy atom. The largest absolute Gasteiger partial charge is 0.489 e. The number of nitrogens with one attached hydrogen (secondary N) is 1. The van der Waals surface area contributed by atoms with Crippen LogP contribution in [-0.2, 0) is 13.2 Å². The van der Waals surface area contributed by atoms with E-state index in [1.54, 1.807) is 18.2 Å². The van der Waals surface area contributed by atoms with E-state index in [2.05, 4.69) is 11.4 Å². The van der Waals surface area contributed by atoms with Crippen molar-refractivity contribution in [2.24, 2.45) is 0 Å². The molecule has 0 aliphatic rings. The first-order chi connectivity index (χ1) is 12.8. The van der Waals surface area contributed by atoms with Gasteiger partial charge in [0.1, 0.15) is 12.4 Å². The van der Waals surface area contributed by atoms with Crippen LogP contribution in [-0.4, -0.2) is 5.91 Å². The molecule has 1 N–H and O–H groups in total. The van der Waals surface area contributed by atoms with Crippen LogP contribution in [0.15, 0.2) is 78.9 Å². The first kappa shape index (κ1) is 17.2. The van der Waals surface area contributed by atoms with Gasteiger partial charge < -0.3 is 10.1 Å². The van der Waals surface area contributed by atoms with Gasteiger partial charge >= 0.3 is 0 Å². The molecule has 3 aromatic carbocycles. The fourth-order valence-corrected chi connectivity index (χ4v) is 2.57. The summed E-state index contributed by atoms with van der Waals surface area (Å²) in [7, 11) is 0. The van der Waals surface area contributed by atoms with Crippen LogP contribution in [0.4, 0.5) is 0 Å². The van der Waals surface area contributed by atoms with E-state index >= 15 is 0 Å². The molecular formula is C22H18N2O2. The van der Waals surface area contributed by atoms with Gasteiger partial charge in [0.15, 0.2) is 0 Å². The molecule has 128 valence electrons. The molecule has 0 radical (unpaired) electrons. The van der Waals surface area contributed by atoms with Gasteiger partial charge in [0.25, 0.3) is 5.91 Å². The minimum Gasteiger partial charge on any atom is -0.489 e. The number of ether oxygens (including phenoxy) is 1. The van der Waals surface area contributed by atoms with Crippen molar-refractivity contribution in [3.8, 4) is 11.8 Å². The third-order valence-electron chi connectivity index (χ3n) is 3.91. The SMILES string of the molecule is N#Cc1cccc(CNC(=O)c2ccccc2COc2ccccc2)c1. The molecule has 3 aromatic rings. The van der Waals surface area contributed by atoms with E-state index in [0.717, 1.165) is 16.9 Å². The molecule has 0 atom stereocenters. The zero-order chi connectivity index (χ0) is 18.2. The Balaban J connectivity index is 1.66. The smallest absolute Gasteiger partial charge is 0.251 e. The second kappa shape index (κ2) is 8.50. The second-order valence-electron chi connectivity index (χ2n) is 5.75. The van der Waals surface area contributed by atoms with Crippen molar-refractivity contribution < 1.29 is 9.53 Å². The Hall–Kier alpha value is -3.58. The van der Waals surface area contributed by atoms with Crippen LogP contribution in [0.2, 0.25) is 0 Å². The summed E-state index contributed by atoms with van der Waals surface area (Å²) in [5.74, 6) is 0.593. The van der Waals surface area contributed by atoms with Gasteiger partial charge in [-0.05, 0) is 35.9 Å². The summed E-state index contributed by atoms with van der Waals surface area (Å²) < 4.78 is 5.76. The normalized spacial score (nSPS) is 9.96. The van der Waals surface area contributed by atoms with Crippen LogP contribution < -0.4 is 10.1 Å². The van der Waals surface area contributed by atoms with Gasteiger partial charge in [0.05, 0.1) is 11.6 Å². The Kier molecular flexibility index (Phi) is 5.64. The third-order valence-corrected chi connectivity index (χ3v) is 3.91. The van der Waals surface area contributed by atoms with E-state index in [-0.39, 0.29) is 5.91 Å². The number of amides is 1. The highest BCUT2D eigenvalue weighted by Crippen LogP contribution is 2.15. The quantitative estimate of drug-likeness (QED) is 0.734. The summed E-state index contributed by atoms with van der Waals surface area (Å²) in [6.45, 7) is 0.680. The number of hydrogen-bond donors (Lipinski definition) is 1. The van der Waals surface area contributed by atoms with Crippen LogP contribution in [0.5, 0.6) is 5.75 Å². The number of para-hydroxylation sites is 1. The number of carbonyl (C=O) groups excluding carboxylic acids is 1. The molecule has 0 aliphatic heterocycles. The van der Waals surface area contributed by atoms with Crippen molar-refractivity contribution in [3.63, 3.8) is 0 Å². The Labute approximate surface area is 152 Å². The molecular weight excluding hydrogens is 324 g/mol. The van der Waals surface area contributed by atoms with Crippen molar-refractivity contribution in [2.45, 2.75) is 13.2 Å². The van der Waals surface area contributed by atoms with Gasteiger partial charge in [0.2, 0.25) is 0 Å². The Bertz CT molecular complexity index is 930. The fraction of sp³-hybridized carbons (Fsp3) is 0.0909. The lowest BCUT2D eigenvalue weighted by atomic mass is 10.1. The molecule has 0 aliphatic carbocycles. The summed E-state index contributed by atoms with van der Waals surface area (Å²) >= 11 is 0. The first-order valence-corrected chi connectivity index (χ1v) is 8.29. The van der Waals surface area contributed by atoms with Crippen molar-refractivity contribution >= 4 is 5.91 Å². The number of carbonyl (C=O) groups is 1. The standard InChI is InChI=1S/C22H18N2O2/c23-14-17-7-6-8-18(13-17)15-24-22(25)21-12-5-4-9-19(21)16-26-20-10-2-1-3-11-20/h1-13H,15-16H2,(H,24,25). The molecule has 0 unspecified atom stereocenters. The van der Waals surface area contributed by atoms with Crippen molar-refractivity contribution in [1.82, 2.24) is 5.32 Å². The third kappa shape index (κ3) is 4.49. The summed E-state index contributed by atoms with van der Waals surface area (Å²) in [5.41, 5.74) is 2.86. The van der Waals surface area contributed by atoms with Gasteiger partial charge in [-0.1, -0.05) is 48.5 Å². The molecule has 0 aromatic heterocycles. The molecule has 3 rings (SSSR count). The fourth-order valence-electron chi connectivity index (χ4n) is 2.57. The summed E-state index contributed by atoms with van der Waals surface area (Å²) in [4.78, 5) is 12.6. The first-order valence-electron chi connectivity index (χ1n) is 8.29. The van der Waals surface area contributed by atoms with Crippen LogP contribution in [0.1, 0.15) is 27.0 Å². The van der Waals surface area contributed by atoms with E-state index in [9.17, 15) is 4.79 Å². The minimum absolute atomic E-state index is 0.167. The van der Waals surface area contributed by atoms with Crippen molar-refractivity contribution in [3.05, 3.63) is 101 Å². The molecule has 4 nitrogen and oxygen atoms in total. The molecule has 0 heterocycles. The number of nitrogens with zero attached hydrogens (tertiary/aromatic N) is 1. The molecule has 0 saturated carbocycles. The van der Waals surface area contributed by atoms with E-state index in [1.807, 2.05) is 60.7 Å². The Morgan fingerprint density at radius 3 is 2.54 bits per heavy atom. The summed E-state index contributed by atoms with van der Waals surface area (Å²) in [5, 5.41) is 11.9. The van der Waals surface area contributed by atoms with Crippen LogP contribution in [0, 0.1) is 11.3 Å². The van der Waals surface area contributed by atoms with Gasteiger partial charge in [-0.25, -0.2) is 0 Å². The predicted octanol–water partition coefficient (Wildman–Crippen LogP) is 4.07. The summed E-state index contributed by atoms with van der Waals surface area (Å²) in [6.07, 6.45) is 0. The van der Waals surface area contributed by atoms with Crippen molar-refractivity contribution in [1.29, 1.82) is 5.26 Å². The zero-order valence-corrected chi connectivity index (χ0v) is 14.2. The Morgan fingerprint density at radius 1 is 0.962 bits per heavy atom. The number of benzene rings is 3. The van der Waals surface area contributed by atoms with E-state index in [1.165, 1.54) is 0 Å². The maximum absolute atomic E-state index is 12.6. The second-order valence-corrected chi connectivity index (χ2v) is 5.75. The summed E-state index contributed by atoms with van der Waals surface area (Å²) in [6, 6.07) is 26.2. The lowest BCUT2D eigenvalue weighted by Gasteiger charge is -2.11. The van der Waals surface area contributed by atoms with Gasteiger partial charge in [-0.15, -0.1) is 0 Å². The average Bonchev–Trinajstić information content (AvgIpc) is 2.71. The zero-order valence-electron chi connectivity index (χ0n) is 14.2. The number of nitriles is 1. The minimum atomic E-state index is -0.167. The molecule has 26 heavy (non-hydrogen) atoms. The molecule has 0 fully saturated rings. The highest BCUT2D eigenvalue weighted by atomic mass is 16.5. The average molecular weight is 342 g/mol. The lowest BCUT2D eigenvalue weighted by molar-refractivity contribution is 0.0948. The maximum Gasteiger partial charge on any atom is 0.251 e. The van der Waals surface area contributed by atoms with Gasteiger partial charge in [0, 0.05) is 17.7 Å². The van der Waals surface area contributed by atoms with Crippen LogP contribution in [0.3, 0.4) is 0 Å². The predicted molar refractivity (Wildman–Crippen MR) is 99.5 cm³/mol. The molecule has 0 saturated heterocycles. The molecule has 1 amide bonds. The van der Waals surface area contributed by atoms with Gasteiger partial charge in [-0.3, -0.25) is 4.79 Å². The molecule has 0 spiro atoms. The lowest BCUT2D eigenvalue weighted by Crippen LogP contribution is -2.24. The van der Waals surface area contributed by atoms with Crippen LogP contribution >= 0.6 is 0 Å². The highest BCUT2D eigenvalue weighted by Gasteiger charge is 2.11. The highest BCUT2D eigenvalue weighted by molar-refractivity contribution is 5.95. The van der Waals surface area contributed by atoms with Crippen LogP contribution in [0.25, 0.3) is 0 Å². The van der Waals surface area contributed by atoms with Gasteiger partial charge in [-0.2, -0.15) is 5.26 Å². The van der Waals surface area contributed by atoms with E-state index < -0.39 is 0 Å². The molecule has 0 bridgehead atoms. The van der Waals surface area contributed by atoms with E-state index in [0.29, 0.717) is 24.3 Å². The molecule has 4 heteroatoms.